The van der Waals surface area contributed by atoms with E-state index in [0.29, 0.717) is 11.6 Å². The molecule has 8 heteroatoms. The Bertz CT molecular complexity index is 395. The maximum atomic E-state index is 5.31. The van der Waals surface area contributed by atoms with Gasteiger partial charge in [0.1, 0.15) is 12.2 Å². The second kappa shape index (κ2) is 8.40. The van der Waals surface area contributed by atoms with Crippen LogP contribution in [-0.4, -0.2) is 55.6 Å². The molecule has 1 rings (SSSR count). The zero-order valence-electron chi connectivity index (χ0n) is 13.7. The first-order valence-electron chi connectivity index (χ1n) is 6.77. The molecule has 0 N–H and O–H groups in total. The molecule has 0 aliphatic rings. The molecule has 0 fully saturated rings. The number of methoxy groups -OCH3 is 4. The van der Waals surface area contributed by atoms with Crippen molar-refractivity contribution in [2.45, 2.75) is 45.3 Å². The van der Waals surface area contributed by atoms with Crippen LogP contribution in [0.2, 0.25) is 0 Å². The zero-order chi connectivity index (χ0) is 16.0. The smallest absolute Gasteiger partial charge is 0.277 e. The van der Waals surface area contributed by atoms with Crippen molar-refractivity contribution in [3.05, 3.63) is 11.6 Å². The van der Waals surface area contributed by atoms with Crippen LogP contribution in [0.5, 0.6) is 0 Å². The fraction of sp³-hybridized carbons (Fsp3) is 0.846. The van der Waals surface area contributed by atoms with Crippen molar-refractivity contribution < 1.29 is 18.9 Å². The molecule has 8 nitrogen and oxygen atoms in total. The Hall–Kier alpha value is -1.06. The molecule has 120 valence electrons. The largest absolute Gasteiger partial charge is 0.374 e. The summed E-state index contributed by atoms with van der Waals surface area (Å²) in [6.45, 7) is 5.65. The molecule has 0 spiro atoms. The van der Waals surface area contributed by atoms with Crippen LogP contribution in [0, 0.1) is 0 Å². The maximum absolute atomic E-state index is 5.31. The minimum atomic E-state index is -0.455. The van der Waals surface area contributed by atoms with Crippen molar-refractivity contribution in [3.63, 3.8) is 0 Å². The van der Waals surface area contributed by atoms with Crippen LogP contribution in [-0.2, 0) is 18.9 Å². The Morgan fingerprint density at radius 2 is 1.24 bits per heavy atom. The summed E-state index contributed by atoms with van der Waals surface area (Å²) < 4.78 is 22.7. The van der Waals surface area contributed by atoms with Gasteiger partial charge in [-0.15, -0.1) is 10.2 Å². The van der Waals surface area contributed by atoms with Gasteiger partial charge in [-0.2, -0.15) is 0 Å². The monoisotopic (exact) mass is 301 g/mol. The van der Waals surface area contributed by atoms with Crippen LogP contribution < -0.4 is 5.43 Å². The van der Waals surface area contributed by atoms with E-state index < -0.39 is 6.29 Å². The van der Waals surface area contributed by atoms with Crippen molar-refractivity contribution in [1.29, 1.82) is 0 Å². The Morgan fingerprint density at radius 3 is 1.57 bits per heavy atom. The van der Waals surface area contributed by atoms with Crippen molar-refractivity contribution in [1.82, 2.24) is 20.3 Å². The summed E-state index contributed by atoms with van der Waals surface area (Å²) in [6, 6.07) is -0.249. The highest BCUT2D eigenvalue weighted by Gasteiger charge is 2.36. The Balaban J connectivity index is 3.08. The van der Waals surface area contributed by atoms with E-state index in [1.807, 2.05) is 20.8 Å². The fourth-order valence-corrected chi connectivity index (χ4v) is 1.87. The van der Waals surface area contributed by atoms with Gasteiger partial charge in [-0.3, -0.25) is 0 Å². The predicted octanol–water partition coefficient (Wildman–Crippen LogP) is 1.07. The van der Waals surface area contributed by atoms with Crippen LogP contribution >= 0.6 is 0 Å². The first-order chi connectivity index (χ1) is 9.99. The topological polar surface area (TPSA) is 81.7 Å². The molecule has 1 aromatic rings. The van der Waals surface area contributed by atoms with Gasteiger partial charge in [-0.05, 0) is 18.5 Å². The van der Waals surface area contributed by atoms with Gasteiger partial charge in [-0.1, -0.05) is 0 Å². The van der Waals surface area contributed by atoms with E-state index in [4.69, 9.17) is 18.9 Å². The van der Waals surface area contributed by atoms with Gasteiger partial charge in [0.15, 0.2) is 0 Å². The summed E-state index contributed by atoms with van der Waals surface area (Å²) >= 11 is 0. The van der Waals surface area contributed by atoms with Gasteiger partial charge in [0.05, 0.1) is 0 Å². The van der Waals surface area contributed by atoms with Crippen molar-refractivity contribution >= 4 is 0 Å². The molecule has 0 bridgehead atoms. The number of aromatic nitrogens is 3. The van der Waals surface area contributed by atoms with Crippen LogP contribution in [0.15, 0.2) is 0 Å². The van der Waals surface area contributed by atoms with Crippen LogP contribution in [0.25, 0.3) is 0 Å². The van der Waals surface area contributed by atoms with Gasteiger partial charge in [0.2, 0.25) is 23.4 Å². The number of rotatable bonds is 9. The lowest BCUT2D eigenvalue weighted by Gasteiger charge is -2.14. The lowest BCUT2D eigenvalue weighted by atomic mass is 10.3. The summed E-state index contributed by atoms with van der Waals surface area (Å²) in [5.74, 6) is 1.21. The van der Waals surface area contributed by atoms with Gasteiger partial charge in [-0.25, -0.2) is 0 Å². The van der Waals surface area contributed by atoms with Gasteiger partial charge < -0.3 is 18.9 Å². The summed E-state index contributed by atoms with van der Waals surface area (Å²) in [5.41, 5.74) is 4.58. The van der Waals surface area contributed by atoms with E-state index in [2.05, 4.69) is 15.6 Å². The summed E-state index contributed by atoms with van der Waals surface area (Å²) in [7, 11) is 6.37. The van der Waals surface area contributed by atoms with Gasteiger partial charge in [0, 0.05) is 35.4 Å². The molecule has 1 heterocycles. The third-order valence-electron chi connectivity index (χ3n) is 3.28. The van der Waals surface area contributed by atoms with Crippen molar-refractivity contribution in [2.24, 2.45) is 0 Å². The highest BCUT2D eigenvalue weighted by molar-refractivity contribution is 5.01. The Labute approximate surface area is 125 Å². The molecular weight excluding hydrogens is 276 g/mol. The molecule has 0 saturated carbocycles. The summed E-state index contributed by atoms with van der Waals surface area (Å²) in [4.78, 5) is 0. The van der Waals surface area contributed by atoms with E-state index in [1.54, 1.807) is 33.1 Å². The van der Waals surface area contributed by atoms with Crippen molar-refractivity contribution in [2.75, 3.05) is 28.4 Å². The van der Waals surface area contributed by atoms with E-state index in [9.17, 15) is 0 Å². The highest BCUT2D eigenvalue weighted by atomic mass is 16.7. The second-order valence-corrected chi connectivity index (χ2v) is 4.68. The molecular formula is C13H25N4O4+. The van der Waals surface area contributed by atoms with Crippen LogP contribution in [0.3, 0.4) is 0 Å². The molecule has 3 atom stereocenters. The lowest BCUT2D eigenvalue weighted by molar-refractivity contribution is -0.122. The third kappa shape index (κ3) is 4.21. The zero-order valence-corrected chi connectivity index (χ0v) is 13.7. The average Bonchev–Trinajstić information content (AvgIpc) is 2.90. The first-order valence-corrected chi connectivity index (χ1v) is 6.77. The molecule has 21 heavy (non-hydrogen) atoms. The number of nitrogens with zero attached hydrogens (tertiary/aromatic N) is 4. The first kappa shape index (κ1) is 18.0. The summed E-state index contributed by atoms with van der Waals surface area (Å²) in [6.07, 6.45) is -0.937. The Morgan fingerprint density at radius 1 is 0.810 bits per heavy atom. The van der Waals surface area contributed by atoms with Crippen LogP contribution in [0.4, 0.5) is 0 Å². The fourth-order valence-electron chi connectivity index (χ4n) is 1.87. The second-order valence-electron chi connectivity index (χ2n) is 4.68. The van der Waals surface area contributed by atoms with Gasteiger partial charge in [0.25, 0.3) is 6.04 Å². The van der Waals surface area contributed by atoms with E-state index >= 15 is 0 Å². The lowest BCUT2D eigenvalue weighted by Crippen LogP contribution is -2.39. The molecule has 0 aromatic carbocycles. The number of ether oxygens (including phenoxy) is 4. The minimum Gasteiger partial charge on any atom is -0.374 e. The SMILES string of the molecule is COC(OC)C(C)[N+]n1c([C@H](C)OC)nnc1[C@H](C)OC. The molecule has 2 radical (unpaired) electrons. The highest BCUT2D eigenvalue weighted by Crippen LogP contribution is 2.20. The van der Waals surface area contributed by atoms with E-state index in [0.717, 1.165) is 0 Å². The van der Waals surface area contributed by atoms with Crippen molar-refractivity contribution in [3.8, 4) is 0 Å². The van der Waals surface area contributed by atoms with Crippen LogP contribution in [0.1, 0.15) is 44.6 Å². The molecule has 1 unspecified atom stereocenters. The minimum absolute atomic E-state index is 0.241. The number of hydrogen-bond donors (Lipinski definition) is 0. The van der Waals surface area contributed by atoms with E-state index in [-0.39, 0.29) is 18.2 Å². The predicted molar refractivity (Wildman–Crippen MR) is 75.7 cm³/mol. The van der Waals surface area contributed by atoms with E-state index in [1.165, 1.54) is 0 Å². The molecule has 0 aliphatic heterocycles. The quantitative estimate of drug-likeness (QED) is 0.635. The normalized spacial score (nSPS) is 16.2. The Kier molecular flexibility index (Phi) is 7.20. The molecule has 0 saturated heterocycles. The standard InChI is InChI=1S/C13H25N4O4/c1-8(13(20-6)21-7)16-17-11(9(2)18-4)14-15-12(17)10(3)19-5/h8-10,13H,1-7H3/q+1/t8?,9-,10-/m0/s1. The average molecular weight is 301 g/mol. The molecule has 0 amide bonds. The molecule has 0 aliphatic carbocycles. The number of hydrogen-bond acceptors (Lipinski definition) is 6. The van der Waals surface area contributed by atoms with Gasteiger partial charge >= 0.3 is 0 Å². The summed E-state index contributed by atoms with van der Waals surface area (Å²) in [5, 5.41) is 8.31. The third-order valence-corrected chi connectivity index (χ3v) is 3.28. The maximum Gasteiger partial charge on any atom is 0.277 e. The molecule has 1 aromatic heterocycles.